The Kier molecular flexibility index (Phi) is 4.90. The zero-order valence-corrected chi connectivity index (χ0v) is 16.9. The monoisotopic (exact) mass is 399 g/mol. The Morgan fingerprint density at radius 1 is 1.00 bits per heavy atom. The highest BCUT2D eigenvalue weighted by molar-refractivity contribution is 7.98. The molecule has 2 aromatic heterocycles. The molecule has 0 saturated carbocycles. The minimum Gasteiger partial charge on any atom is -0.291 e. The molecule has 4 aromatic rings. The molecular weight excluding hydrogens is 378 g/mol. The Labute approximate surface area is 173 Å². The van der Waals surface area contributed by atoms with Crippen LogP contribution < -0.4 is 5.69 Å². The molecule has 0 saturated heterocycles. The lowest BCUT2D eigenvalue weighted by Gasteiger charge is -2.14. The normalized spacial score (nSPS) is 13.0. The van der Waals surface area contributed by atoms with Gasteiger partial charge in [-0.1, -0.05) is 48.5 Å². The summed E-state index contributed by atoms with van der Waals surface area (Å²) in [5.41, 5.74) is 4.55. The molecule has 1 aliphatic carbocycles. The molecule has 0 aliphatic heterocycles. The Morgan fingerprint density at radius 2 is 1.90 bits per heavy atom. The second kappa shape index (κ2) is 7.84. The van der Waals surface area contributed by atoms with Crippen molar-refractivity contribution in [2.24, 2.45) is 0 Å². The summed E-state index contributed by atoms with van der Waals surface area (Å²) in [6, 6.07) is 18.8. The van der Waals surface area contributed by atoms with Crippen molar-refractivity contribution in [3.05, 3.63) is 99.9 Å². The van der Waals surface area contributed by atoms with Gasteiger partial charge >= 0.3 is 5.69 Å². The first kappa shape index (κ1) is 18.1. The Hall–Kier alpha value is -2.92. The Balaban J connectivity index is 1.46. The quantitative estimate of drug-likeness (QED) is 0.363. The van der Waals surface area contributed by atoms with Crippen LogP contribution >= 0.6 is 11.8 Å². The number of hydrogen-bond donors (Lipinski definition) is 0. The van der Waals surface area contributed by atoms with Crippen molar-refractivity contribution >= 4 is 22.5 Å². The maximum atomic E-state index is 12.8. The molecule has 5 heteroatoms. The highest BCUT2D eigenvalue weighted by atomic mass is 32.2. The number of aromatic nitrogens is 3. The van der Waals surface area contributed by atoms with Gasteiger partial charge in [0, 0.05) is 29.4 Å². The average molecular weight is 400 g/mol. The first-order valence-corrected chi connectivity index (χ1v) is 10.9. The van der Waals surface area contributed by atoms with Crippen molar-refractivity contribution in [1.82, 2.24) is 14.5 Å². The third kappa shape index (κ3) is 3.58. The van der Waals surface area contributed by atoms with E-state index in [0.29, 0.717) is 6.54 Å². The molecule has 5 rings (SSSR count). The molecule has 0 amide bonds. The fourth-order valence-corrected chi connectivity index (χ4v) is 5.19. The Morgan fingerprint density at radius 3 is 2.79 bits per heavy atom. The minimum atomic E-state index is -0.157. The van der Waals surface area contributed by atoms with Crippen LogP contribution in [0.25, 0.3) is 10.8 Å². The van der Waals surface area contributed by atoms with Crippen LogP contribution in [0.1, 0.15) is 28.8 Å². The largest absolute Gasteiger partial charge is 0.349 e. The summed E-state index contributed by atoms with van der Waals surface area (Å²) in [5, 5.41) is 3.41. The molecule has 2 aromatic carbocycles. The fourth-order valence-electron chi connectivity index (χ4n) is 4.11. The summed E-state index contributed by atoms with van der Waals surface area (Å²) in [5.74, 6) is 0.812. The van der Waals surface area contributed by atoms with Crippen molar-refractivity contribution in [3.63, 3.8) is 0 Å². The SMILES string of the molecule is O=c1nc(SCc2cccc3ccccc23)c2c(n1Cc1cccnc1)CCC2. The average Bonchev–Trinajstić information content (AvgIpc) is 3.25. The highest BCUT2D eigenvalue weighted by Crippen LogP contribution is 2.32. The molecule has 0 atom stereocenters. The van der Waals surface area contributed by atoms with Gasteiger partial charge in [-0.25, -0.2) is 4.79 Å². The van der Waals surface area contributed by atoms with E-state index in [2.05, 4.69) is 52.4 Å². The summed E-state index contributed by atoms with van der Waals surface area (Å²) in [6.07, 6.45) is 6.58. The van der Waals surface area contributed by atoms with Crippen LogP contribution in [0.5, 0.6) is 0 Å². The van der Waals surface area contributed by atoms with Gasteiger partial charge < -0.3 is 0 Å². The van der Waals surface area contributed by atoms with Crippen LogP contribution in [0.4, 0.5) is 0 Å². The van der Waals surface area contributed by atoms with Crippen molar-refractivity contribution in [3.8, 4) is 0 Å². The van der Waals surface area contributed by atoms with E-state index in [0.717, 1.165) is 41.3 Å². The molecule has 0 spiro atoms. The number of thioether (sulfide) groups is 1. The second-order valence-electron chi connectivity index (χ2n) is 7.35. The number of nitrogens with zero attached hydrogens (tertiary/aromatic N) is 3. The predicted molar refractivity (Wildman–Crippen MR) is 117 cm³/mol. The smallest absolute Gasteiger partial charge is 0.291 e. The van der Waals surface area contributed by atoms with Crippen LogP contribution in [0.2, 0.25) is 0 Å². The van der Waals surface area contributed by atoms with Gasteiger partial charge in [0.05, 0.1) is 6.54 Å². The van der Waals surface area contributed by atoms with Gasteiger partial charge in [0.2, 0.25) is 0 Å². The van der Waals surface area contributed by atoms with Gasteiger partial charge in [-0.15, -0.1) is 11.8 Å². The summed E-state index contributed by atoms with van der Waals surface area (Å²) < 4.78 is 1.83. The van der Waals surface area contributed by atoms with Gasteiger partial charge in [-0.05, 0) is 47.2 Å². The first-order valence-electron chi connectivity index (χ1n) is 9.90. The Bertz CT molecular complexity index is 1230. The number of hydrogen-bond acceptors (Lipinski definition) is 4. The van der Waals surface area contributed by atoms with Crippen molar-refractivity contribution in [1.29, 1.82) is 0 Å². The van der Waals surface area contributed by atoms with Crippen LogP contribution in [-0.2, 0) is 25.1 Å². The topological polar surface area (TPSA) is 47.8 Å². The third-order valence-electron chi connectivity index (χ3n) is 5.51. The number of rotatable bonds is 5. The second-order valence-corrected chi connectivity index (χ2v) is 8.32. The number of benzene rings is 2. The van der Waals surface area contributed by atoms with E-state index in [4.69, 9.17) is 0 Å². The van der Waals surface area contributed by atoms with E-state index in [9.17, 15) is 4.79 Å². The zero-order chi connectivity index (χ0) is 19.6. The summed E-state index contributed by atoms with van der Waals surface area (Å²) in [7, 11) is 0. The maximum absolute atomic E-state index is 12.8. The summed E-state index contributed by atoms with van der Waals surface area (Å²) >= 11 is 1.69. The molecule has 29 heavy (non-hydrogen) atoms. The molecule has 144 valence electrons. The van der Waals surface area contributed by atoms with Crippen molar-refractivity contribution < 1.29 is 0 Å². The van der Waals surface area contributed by atoms with Crippen LogP contribution in [0, 0.1) is 0 Å². The van der Waals surface area contributed by atoms with E-state index in [1.54, 1.807) is 18.0 Å². The number of fused-ring (bicyclic) bond motifs is 2. The van der Waals surface area contributed by atoms with E-state index < -0.39 is 0 Å². The third-order valence-corrected chi connectivity index (χ3v) is 6.58. The lowest BCUT2D eigenvalue weighted by atomic mass is 10.1. The van der Waals surface area contributed by atoms with Gasteiger partial charge in [-0.2, -0.15) is 4.98 Å². The standard InChI is InChI=1S/C24H21N3OS/c28-24-26-23(29-16-19-9-3-8-18-7-1-2-10-20(18)19)21-11-4-12-22(21)27(24)15-17-6-5-13-25-14-17/h1-3,5-10,13-14H,4,11-12,15-16H2. The molecule has 0 N–H and O–H groups in total. The lowest BCUT2D eigenvalue weighted by Crippen LogP contribution is -2.27. The highest BCUT2D eigenvalue weighted by Gasteiger charge is 2.22. The van der Waals surface area contributed by atoms with Crippen LogP contribution in [0.15, 0.2) is 76.8 Å². The lowest BCUT2D eigenvalue weighted by molar-refractivity contribution is 0.665. The van der Waals surface area contributed by atoms with Gasteiger partial charge in [0.25, 0.3) is 0 Å². The number of pyridine rings is 1. The summed E-state index contributed by atoms with van der Waals surface area (Å²) in [6.45, 7) is 0.538. The molecular formula is C24H21N3OS. The fraction of sp³-hybridized carbons (Fsp3) is 0.208. The van der Waals surface area contributed by atoms with Crippen molar-refractivity contribution in [2.75, 3.05) is 0 Å². The molecule has 0 bridgehead atoms. The van der Waals surface area contributed by atoms with E-state index in [1.807, 2.05) is 22.9 Å². The van der Waals surface area contributed by atoms with E-state index in [-0.39, 0.29) is 5.69 Å². The molecule has 2 heterocycles. The molecule has 4 nitrogen and oxygen atoms in total. The van der Waals surface area contributed by atoms with Gasteiger partial charge in [0.15, 0.2) is 0 Å². The molecule has 0 radical (unpaired) electrons. The molecule has 0 fully saturated rings. The van der Waals surface area contributed by atoms with E-state index in [1.165, 1.54) is 21.9 Å². The summed E-state index contributed by atoms with van der Waals surface area (Å²) in [4.78, 5) is 21.5. The zero-order valence-electron chi connectivity index (χ0n) is 16.0. The predicted octanol–water partition coefficient (Wildman–Crippen LogP) is 4.62. The van der Waals surface area contributed by atoms with Crippen molar-refractivity contribution in [2.45, 2.75) is 36.6 Å². The first-order chi connectivity index (χ1) is 14.3. The minimum absolute atomic E-state index is 0.157. The van der Waals surface area contributed by atoms with E-state index >= 15 is 0 Å². The molecule has 1 aliphatic rings. The van der Waals surface area contributed by atoms with Gasteiger partial charge in [0.1, 0.15) is 5.03 Å². The van der Waals surface area contributed by atoms with Crippen LogP contribution in [0.3, 0.4) is 0 Å². The molecule has 0 unspecified atom stereocenters. The van der Waals surface area contributed by atoms with Crippen LogP contribution in [-0.4, -0.2) is 14.5 Å². The maximum Gasteiger partial charge on any atom is 0.349 e. The van der Waals surface area contributed by atoms with Gasteiger partial charge in [-0.3, -0.25) is 9.55 Å².